The fourth-order valence-corrected chi connectivity index (χ4v) is 2.68. The highest BCUT2D eigenvalue weighted by molar-refractivity contribution is 5.69. The maximum Gasteiger partial charge on any atom is 0.305 e. The van der Waals surface area contributed by atoms with Crippen molar-refractivity contribution in [2.24, 2.45) is 0 Å². The summed E-state index contributed by atoms with van der Waals surface area (Å²) in [7, 11) is 0. The molecule has 0 spiro atoms. The Balaban J connectivity index is 1.81. The van der Waals surface area contributed by atoms with Crippen molar-refractivity contribution in [3.05, 3.63) is 0 Å². The molecule has 0 radical (unpaired) electrons. The lowest BCUT2D eigenvalue weighted by molar-refractivity contribution is -0.143. The van der Waals surface area contributed by atoms with Crippen LogP contribution in [0.1, 0.15) is 64.7 Å². The first-order chi connectivity index (χ1) is 10.3. The molecule has 124 valence electrons. The highest BCUT2D eigenvalue weighted by atomic mass is 16.5. The van der Waals surface area contributed by atoms with E-state index in [0.717, 1.165) is 32.4 Å². The highest BCUT2D eigenvalue weighted by Crippen LogP contribution is 2.06. The van der Waals surface area contributed by atoms with Crippen LogP contribution in [0.3, 0.4) is 0 Å². The molecule has 1 fully saturated rings. The lowest BCUT2D eigenvalue weighted by atomic mass is 10.1. The van der Waals surface area contributed by atoms with Gasteiger partial charge in [0.2, 0.25) is 0 Å². The summed E-state index contributed by atoms with van der Waals surface area (Å²) in [6, 6.07) is 0. The molecule has 0 atom stereocenters. The van der Waals surface area contributed by atoms with Gasteiger partial charge in [0.05, 0.1) is 6.61 Å². The van der Waals surface area contributed by atoms with Crippen molar-refractivity contribution in [2.75, 3.05) is 39.3 Å². The number of nitrogens with one attached hydrogen (secondary N) is 1. The van der Waals surface area contributed by atoms with E-state index in [1.807, 2.05) is 0 Å². The number of unbranched alkanes of at least 4 members (excludes halogenated alkanes) is 6. The van der Waals surface area contributed by atoms with E-state index in [0.29, 0.717) is 13.0 Å². The zero-order valence-electron chi connectivity index (χ0n) is 13.9. The van der Waals surface area contributed by atoms with E-state index < -0.39 is 0 Å². The van der Waals surface area contributed by atoms with Gasteiger partial charge in [-0.3, -0.25) is 4.79 Å². The normalized spacial score (nSPS) is 16.0. The molecule has 1 heterocycles. The van der Waals surface area contributed by atoms with E-state index in [1.54, 1.807) is 0 Å². The van der Waals surface area contributed by atoms with E-state index in [4.69, 9.17) is 4.74 Å². The summed E-state index contributed by atoms with van der Waals surface area (Å²) in [5.74, 6) is -0.00592. The molecule has 4 nitrogen and oxygen atoms in total. The molecule has 0 unspecified atom stereocenters. The Morgan fingerprint density at radius 2 is 1.71 bits per heavy atom. The molecule has 0 aromatic rings. The average Bonchev–Trinajstić information content (AvgIpc) is 2.51. The highest BCUT2D eigenvalue weighted by Gasteiger charge is 2.08. The minimum atomic E-state index is -0.00592. The van der Waals surface area contributed by atoms with Crippen LogP contribution in [0.5, 0.6) is 0 Å². The second-order valence-corrected chi connectivity index (χ2v) is 6.04. The summed E-state index contributed by atoms with van der Waals surface area (Å²) in [5, 5.41) is 3.37. The van der Waals surface area contributed by atoms with Crippen LogP contribution in [-0.4, -0.2) is 50.2 Å². The summed E-state index contributed by atoms with van der Waals surface area (Å²) in [6.07, 6.45) is 9.88. The second-order valence-electron chi connectivity index (χ2n) is 6.04. The van der Waals surface area contributed by atoms with Crippen LogP contribution in [0.15, 0.2) is 0 Å². The number of carbonyl (C=O) groups is 1. The largest absolute Gasteiger partial charge is 0.466 e. The molecular formula is C17H34N2O2. The molecule has 1 rings (SSSR count). The Kier molecular flexibility index (Phi) is 11.5. The first-order valence-corrected chi connectivity index (χ1v) is 8.91. The smallest absolute Gasteiger partial charge is 0.305 e. The van der Waals surface area contributed by atoms with E-state index in [-0.39, 0.29) is 5.97 Å². The van der Waals surface area contributed by atoms with Gasteiger partial charge in [0.15, 0.2) is 0 Å². The van der Waals surface area contributed by atoms with Gasteiger partial charge >= 0.3 is 5.97 Å². The van der Waals surface area contributed by atoms with Crippen molar-refractivity contribution in [3.63, 3.8) is 0 Å². The van der Waals surface area contributed by atoms with Crippen molar-refractivity contribution >= 4 is 5.97 Å². The number of esters is 1. The van der Waals surface area contributed by atoms with Crippen LogP contribution in [0.4, 0.5) is 0 Å². The third-order valence-corrected chi connectivity index (χ3v) is 4.08. The van der Waals surface area contributed by atoms with Gasteiger partial charge in [0.25, 0.3) is 0 Å². The predicted octanol–water partition coefficient (Wildman–Crippen LogP) is 2.97. The van der Waals surface area contributed by atoms with Gasteiger partial charge in [-0.2, -0.15) is 0 Å². The minimum Gasteiger partial charge on any atom is -0.466 e. The maximum absolute atomic E-state index is 11.5. The van der Waals surface area contributed by atoms with Crippen LogP contribution < -0.4 is 5.32 Å². The topological polar surface area (TPSA) is 41.6 Å². The Labute approximate surface area is 130 Å². The molecule has 0 bridgehead atoms. The molecule has 4 heteroatoms. The number of rotatable bonds is 12. The van der Waals surface area contributed by atoms with Crippen LogP contribution in [0.2, 0.25) is 0 Å². The molecule has 1 N–H and O–H groups in total. The van der Waals surface area contributed by atoms with Crippen LogP contribution >= 0.6 is 0 Å². The van der Waals surface area contributed by atoms with Crippen LogP contribution in [0.25, 0.3) is 0 Å². The number of ether oxygens (including phenoxy) is 1. The Morgan fingerprint density at radius 1 is 1.00 bits per heavy atom. The molecule has 1 aliphatic heterocycles. The number of hydrogen-bond donors (Lipinski definition) is 1. The van der Waals surface area contributed by atoms with Gasteiger partial charge < -0.3 is 15.0 Å². The van der Waals surface area contributed by atoms with E-state index >= 15 is 0 Å². The predicted molar refractivity (Wildman–Crippen MR) is 87.5 cm³/mol. The summed E-state index contributed by atoms with van der Waals surface area (Å²) in [5.41, 5.74) is 0. The van der Waals surface area contributed by atoms with Crippen molar-refractivity contribution in [2.45, 2.75) is 64.7 Å². The van der Waals surface area contributed by atoms with Crippen molar-refractivity contribution in [1.29, 1.82) is 0 Å². The zero-order valence-corrected chi connectivity index (χ0v) is 13.9. The summed E-state index contributed by atoms with van der Waals surface area (Å²) in [6.45, 7) is 8.64. The van der Waals surface area contributed by atoms with Gasteiger partial charge in [-0.15, -0.1) is 0 Å². The van der Waals surface area contributed by atoms with E-state index in [2.05, 4.69) is 17.1 Å². The number of piperazine rings is 1. The molecule has 0 aromatic carbocycles. The summed E-state index contributed by atoms with van der Waals surface area (Å²) in [4.78, 5) is 14.0. The standard InChI is InChI=1S/C17H34N2O2/c1-2-3-4-9-16-21-17(20)10-7-5-6-8-13-19-14-11-18-12-15-19/h18H,2-16H2,1H3. The Hall–Kier alpha value is -0.610. The van der Waals surface area contributed by atoms with E-state index in [9.17, 15) is 4.79 Å². The average molecular weight is 298 g/mol. The lowest BCUT2D eigenvalue weighted by Crippen LogP contribution is -2.43. The second kappa shape index (κ2) is 13.1. The zero-order chi connectivity index (χ0) is 15.2. The van der Waals surface area contributed by atoms with Crippen LogP contribution in [-0.2, 0) is 9.53 Å². The van der Waals surface area contributed by atoms with Crippen molar-refractivity contribution < 1.29 is 9.53 Å². The van der Waals surface area contributed by atoms with Crippen molar-refractivity contribution in [1.82, 2.24) is 10.2 Å². The van der Waals surface area contributed by atoms with E-state index in [1.165, 1.54) is 51.7 Å². The Bertz CT molecular complexity index is 253. The fourth-order valence-electron chi connectivity index (χ4n) is 2.68. The molecule has 1 aliphatic rings. The molecule has 0 saturated carbocycles. The molecule has 0 aromatic heterocycles. The maximum atomic E-state index is 11.5. The first-order valence-electron chi connectivity index (χ1n) is 8.91. The molecule has 1 saturated heterocycles. The van der Waals surface area contributed by atoms with Crippen LogP contribution in [0, 0.1) is 0 Å². The third kappa shape index (κ3) is 10.7. The van der Waals surface area contributed by atoms with Crippen molar-refractivity contribution in [3.8, 4) is 0 Å². The first kappa shape index (κ1) is 18.4. The van der Waals surface area contributed by atoms with Gasteiger partial charge in [-0.05, 0) is 25.8 Å². The van der Waals surface area contributed by atoms with Gasteiger partial charge in [0.1, 0.15) is 0 Å². The van der Waals surface area contributed by atoms with Gasteiger partial charge in [-0.25, -0.2) is 0 Å². The number of carbonyl (C=O) groups excluding carboxylic acids is 1. The van der Waals surface area contributed by atoms with Gasteiger partial charge in [0, 0.05) is 32.6 Å². The summed E-state index contributed by atoms with van der Waals surface area (Å²) >= 11 is 0. The molecule has 0 amide bonds. The fraction of sp³-hybridized carbons (Fsp3) is 0.941. The number of nitrogens with zero attached hydrogens (tertiary/aromatic N) is 1. The monoisotopic (exact) mass is 298 g/mol. The molecule has 21 heavy (non-hydrogen) atoms. The quantitative estimate of drug-likeness (QED) is 0.444. The lowest BCUT2D eigenvalue weighted by Gasteiger charge is -2.26. The Morgan fingerprint density at radius 3 is 2.48 bits per heavy atom. The molecule has 0 aliphatic carbocycles. The molecular weight excluding hydrogens is 264 g/mol. The minimum absolute atomic E-state index is 0.00592. The third-order valence-electron chi connectivity index (χ3n) is 4.08. The summed E-state index contributed by atoms with van der Waals surface area (Å²) < 4.78 is 5.24. The SMILES string of the molecule is CCCCCCOC(=O)CCCCCCN1CCNCC1. The number of hydrogen-bond acceptors (Lipinski definition) is 4. The van der Waals surface area contributed by atoms with Gasteiger partial charge in [-0.1, -0.05) is 39.0 Å².